The van der Waals surface area contributed by atoms with Gasteiger partial charge in [-0.25, -0.2) is 0 Å². The zero-order valence-corrected chi connectivity index (χ0v) is 11.2. The maximum Gasteiger partial charge on any atom is 0.303 e. The molecule has 0 aliphatic heterocycles. The first kappa shape index (κ1) is 17.4. The second-order valence-electron chi connectivity index (χ2n) is 3.77. The number of rotatable bonds is 11. The molecule has 1 atom stereocenters. The number of carboxylic acid groups (broad SMARTS) is 1. The van der Waals surface area contributed by atoms with Crippen LogP contribution in [0.5, 0.6) is 0 Å². The minimum absolute atomic E-state index is 0.0445. The standard InChI is InChI=1S/C11H17NO6S/c13-7-18-4-3-12-11(17)8(6-19)5-9(14)1-2-10(15)16/h7-8,19H,1-6H2,(H,12,17)(H,15,16). The summed E-state index contributed by atoms with van der Waals surface area (Å²) in [5.41, 5.74) is 0. The summed E-state index contributed by atoms with van der Waals surface area (Å²) in [6.07, 6.45) is -0.384. The predicted octanol–water partition coefficient (Wildman–Crippen LogP) is -0.354. The van der Waals surface area contributed by atoms with Crippen molar-refractivity contribution >= 4 is 36.8 Å². The number of nitrogens with one attached hydrogen (secondary N) is 1. The Balaban J connectivity index is 4.03. The van der Waals surface area contributed by atoms with Gasteiger partial charge in [-0.2, -0.15) is 12.6 Å². The summed E-state index contributed by atoms with van der Waals surface area (Å²) in [5, 5.41) is 10.9. The molecule has 0 aromatic rings. The van der Waals surface area contributed by atoms with Crippen LogP contribution in [-0.4, -0.2) is 48.1 Å². The van der Waals surface area contributed by atoms with Gasteiger partial charge < -0.3 is 15.2 Å². The fourth-order valence-electron chi connectivity index (χ4n) is 1.29. The third-order valence-electron chi connectivity index (χ3n) is 2.27. The summed E-state index contributed by atoms with van der Waals surface area (Å²) >= 11 is 3.98. The highest BCUT2D eigenvalue weighted by Gasteiger charge is 2.20. The number of carboxylic acids is 1. The molecule has 0 saturated carbocycles. The number of hydrogen-bond donors (Lipinski definition) is 3. The normalized spacial score (nSPS) is 11.4. The van der Waals surface area contributed by atoms with E-state index in [1.165, 1.54) is 0 Å². The van der Waals surface area contributed by atoms with E-state index >= 15 is 0 Å². The zero-order chi connectivity index (χ0) is 14.7. The highest BCUT2D eigenvalue weighted by molar-refractivity contribution is 7.80. The molecule has 108 valence electrons. The fourth-order valence-corrected chi connectivity index (χ4v) is 1.58. The molecule has 0 radical (unpaired) electrons. The van der Waals surface area contributed by atoms with Crippen molar-refractivity contribution in [1.29, 1.82) is 0 Å². The van der Waals surface area contributed by atoms with Gasteiger partial charge in [0, 0.05) is 18.6 Å². The molecule has 7 nitrogen and oxygen atoms in total. The Labute approximate surface area is 116 Å². The maximum atomic E-state index is 11.6. The Morgan fingerprint density at radius 2 is 2.00 bits per heavy atom. The molecule has 0 aromatic carbocycles. The van der Waals surface area contributed by atoms with Crippen molar-refractivity contribution in [3.05, 3.63) is 0 Å². The van der Waals surface area contributed by atoms with E-state index < -0.39 is 11.9 Å². The van der Waals surface area contributed by atoms with Crippen LogP contribution in [0.1, 0.15) is 19.3 Å². The van der Waals surface area contributed by atoms with Crippen molar-refractivity contribution in [2.75, 3.05) is 18.9 Å². The van der Waals surface area contributed by atoms with E-state index in [2.05, 4.69) is 22.7 Å². The molecule has 0 aliphatic rings. The van der Waals surface area contributed by atoms with Gasteiger partial charge in [0.15, 0.2) is 0 Å². The van der Waals surface area contributed by atoms with Crippen molar-refractivity contribution in [2.45, 2.75) is 19.3 Å². The summed E-state index contributed by atoms with van der Waals surface area (Å²) in [6.45, 7) is 0.490. The first-order valence-electron chi connectivity index (χ1n) is 5.68. The largest absolute Gasteiger partial charge is 0.481 e. The molecular weight excluding hydrogens is 274 g/mol. The van der Waals surface area contributed by atoms with Gasteiger partial charge in [0.1, 0.15) is 12.4 Å². The lowest BCUT2D eigenvalue weighted by molar-refractivity contribution is -0.138. The van der Waals surface area contributed by atoms with Crippen LogP contribution in [0.2, 0.25) is 0 Å². The van der Waals surface area contributed by atoms with Gasteiger partial charge in [0.25, 0.3) is 6.47 Å². The number of ether oxygens (including phenoxy) is 1. The van der Waals surface area contributed by atoms with Crippen LogP contribution in [0.4, 0.5) is 0 Å². The highest BCUT2D eigenvalue weighted by Crippen LogP contribution is 2.09. The van der Waals surface area contributed by atoms with E-state index in [0.29, 0.717) is 0 Å². The van der Waals surface area contributed by atoms with E-state index in [1.807, 2.05) is 0 Å². The van der Waals surface area contributed by atoms with Gasteiger partial charge in [-0.1, -0.05) is 0 Å². The van der Waals surface area contributed by atoms with Crippen LogP contribution >= 0.6 is 12.6 Å². The SMILES string of the molecule is O=COCCNC(=O)C(CS)CC(=O)CCC(=O)O. The number of hydrogen-bond acceptors (Lipinski definition) is 6. The lowest BCUT2D eigenvalue weighted by atomic mass is 10.0. The van der Waals surface area contributed by atoms with Crippen LogP contribution in [0.15, 0.2) is 0 Å². The van der Waals surface area contributed by atoms with Crippen LogP contribution in [0.25, 0.3) is 0 Å². The smallest absolute Gasteiger partial charge is 0.303 e. The second kappa shape index (κ2) is 10.4. The number of ketones is 1. The average molecular weight is 291 g/mol. The van der Waals surface area contributed by atoms with Gasteiger partial charge in [0.2, 0.25) is 5.91 Å². The zero-order valence-electron chi connectivity index (χ0n) is 10.3. The topological polar surface area (TPSA) is 110 Å². The van der Waals surface area contributed by atoms with Gasteiger partial charge in [-0.3, -0.25) is 19.2 Å². The number of carbonyl (C=O) groups is 4. The van der Waals surface area contributed by atoms with Crippen LogP contribution in [0.3, 0.4) is 0 Å². The molecule has 1 unspecified atom stereocenters. The van der Waals surface area contributed by atoms with Crippen molar-refractivity contribution in [3.63, 3.8) is 0 Å². The molecule has 0 fully saturated rings. The Kier molecular flexibility index (Phi) is 9.51. The van der Waals surface area contributed by atoms with Crippen LogP contribution < -0.4 is 5.32 Å². The molecule has 0 bridgehead atoms. The second-order valence-corrected chi connectivity index (χ2v) is 4.14. The highest BCUT2D eigenvalue weighted by atomic mass is 32.1. The molecule has 19 heavy (non-hydrogen) atoms. The van der Waals surface area contributed by atoms with E-state index in [1.54, 1.807) is 0 Å². The number of aliphatic carboxylic acids is 1. The molecule has 0 rings (SSSR count). The van der Waals surface area contributed by atoms with Gasteiger partial charge in [-0.05, 0) is 0 Å². The predicted molar refractivity (Wildman–Crippen MR) is 68.9 cm³/mol. The van der Waals surface area contributed by atoms with Gasteiger partial charge in [-0.15, -0.1) is 0 Å². The monoisotopic (exact) mass is 291 g/mol. The molecule has 2 N–H and O–H groups in total. The Bertz CT molecular complexity index is 333. The number of amides is 1. The lowest BCUT2D eigenvalue weighted by Gasteiger charge is -2.13. The summed E-state index contributed by atoms with van der Waals surface area (Å²) in [5.74, 6) is -2.14. The molecule has 0 aliphatic carbocycles. The molecule has 0 heterocycles. The molecular formula is C11H17NO6S. The summed E-state index contributed by atoms with van der Waals surface area (Å²) in [4.78, 5) is 43.3. The number of thiol groups is 1. The minimum atomic E-state index is -1.05. The Morgan fingerprint density at radius 3 is 2.53 bits per heavy atom. The van der Waals surface area contributed by atoms with Gasteiger partial charge >= 0.3 is 5.97 Å². The third kappa shape index (κ3) is 9.06. The van der Waals surface area contributed by atoms with E-state index in [4.69, 9.17) is 5.11 Å². The minimum Gasteiger partial charge on any atom is -0.481 e. The quantitative estimate of drug-likeness (QED) is 0.272. The van der Waals surface area contributed by atoms with Crippen molar-refractivity contribution in [3.8, 4) is 0 Å². The lowest BCUT2D eigenvalue weighted by Crippen LogP contribution is -2.35. The van der Waals surface area contributed by atoms with Crippen LogP contribution in [0, 0.1) is 5.92 Å². The van der Waals surface area contributed by atoms with E-state index in [9.17, 15) is 19.2 Å². The number of carbonyl (C=O) groups excluding carboxylic acids is 3. The van der Waals surface area contributed by atoms with E-state index in [-0.39, 0.29) is 56.3 Å². The van der Waals surface area contributed by atoms with Gasteiger partial charge in [0.05, 0.1) is 18.9 Å². The van der Waals surface area contributed by atoms with E-state index in [0.717, 1.165) is 0 Å². The summed E-state index contributed by atoms with van der Waals surface area (Å²) in [7, 11) is 0. The fraction of sp³-hybridized carbons (Fsp3) is 0.636. The summed E-state index contributed by atoms with van der Waals surface area (Å²) < 4.78 is 4.40. The van der Waals surface area contributed by atoms with Crippen molar-refractivity contribution in [1.82, 2.24) is 5.32 Å². The van der Waals surface area contributed by atoms with Crippen molar-refractivity contribution in [2.24, 2.45) is 5.92 Å². The third-order valence-corrected chi connectivity index (χ3v) is 2.71. The molecule has 0 aromatic heterocycles. The maximum absolute atomic E-state index is 11.6. The van der Waals surface area contributed by atoms with Crippen molar-refractivity contribution < 1.29 is 29.0 Å². The molecule has 0 saturated heterocycles. The molecule has 1 amide bonds. The Morgan fingerprint density at radius 1 is 1.32 bits per heavy atom. The first-order chi connectivity index (χ1) is 9.01. The number of Topliss-reactive ketones (excluding diaryl/α,β-unsaturated/α-hetero) is 1. The van der Waals surface area contributed by atoms with Crippen LogP contribution in [-0.2, 0) is 23.9 Å². The molecule has 8 heteroatoms. The summed E-state index contributed by atoms with van der Waals surface area (Å²) in [6, 6.07) is 0. The Hall–Kier alpha value is -1.57. The first-order valence-corrected chi connectivity index (χ1v) is 6.31. The average Bonchev–Trinajstić information content (AvgIpc) is 2.38. The molecule has 0 spiro atoms.